The Morgan fingerprint density at radius 3 is 1.16 bits per heavy atom. The highest BCUT2D eigenvalue weighted by atomic mass is 16.1. The summed E-state index contributed by atoms with van der Waals surface area (Å²) in [6, 6.07) is 39.2. The van der Waals surface area contributed by atoms with Gasteiger partial charge in [0.1, 0.15) is 0 Å². The van der Waals surface area contributed by atoms with Crippen molar-refractivity contribution in [1.82, 2.24) is 19.9 Å². The number of carbonyl (C=O) groups is 1. The van der Waals surface area contributed by atoms with Gasteiger partial charge in [-0.25, -0.2) is 9.97 Å². The van der Waals surface area contributed by atoms with Crippen LogP contribution in [0.25, 0.3) is 90.9 Å². The molecule has 0 aliphatic carbocycles. The van der Waals surface area contributed by atoms with Crippen molar-refractivity contribution in [2.45, 2.75) is 6.92 Å². The summed E-state index contributed by atoms with van der Waals surface area (Å²) in [7, 11) is 0. The van der Waals surface area contributed by atoms with E-state index in [2.05, 4.69) is 21.9 Å². The number of benzene rings is 4. The number of amides is 1. The molecule has 0 radical (unpaired) electrons. The van der Waals surface area contributed by atoms with Crippen LogP contribution in [0.4, 0.5) is 22.7 Å². The summed E-state index contributed by atoms with van der Waals surface area (Å²) >= 11 is 0. The van der Waals surface area contributed by atoms with E-state index in [0.717, 1.165) is 78.0 Å². The SMILES string of the molecule is C=C(C)C(=O)Nc1ccccc1-c1c2nc(c(-c3ccccc3N)c3ccc([nH]3)c(-c3ccccc3N)c3nc(c(-c4ccccc4N)c4ccc1[nH]4)C=C3)C=C2. The third-order valence-corrected chi connectivity index (χ3v) is 10.3. The number of nitrogens with one attached hydrogen (secondary N) is 3. The van der Waals surface area contributed by atoms with Gasteiger partial charge in [0.25, 0.3) is 5.91 Å². The van der Waals surface area contributed by atoms with Crippen LogP contribution in [0.3, 0.4) is 0 Å². The first-order valence-corrected chi connectivity index (χ1v) is 18.5. The minimum atomic E-state index is -0.279. The van der Waals surface area contributed by atoms with Gasteiger partial charge in [0, 0.05) is 94.9 Å². The van der Waals surface area contributed by atoms with Crippen LogP contribution in [0, 0.1) is 0 Å². The summed E-state index contributed by atoms with van der Waals surface area (Å²) in [5.74, 6) is -0.279. The van der Waals surface area contributed by atoms with E-state index < -0.39 is 0 Å². The van der Waals surface area contributed by atoms with Crippen molar-refractivity contribution in [3.63, 3.8) is 0 Å². The van der Waals surface area contributed by atoms with Gasteiger partial charge in [0.05, 0.1) is 22.8 Å². The fraction of sp³-hybridized carbons (Fsp3) is 0.0208. The van der Waals surface area contributed by atoms with Gasteiger partial charge in [0.15, 0.2) is 0 Å². The van der Waals surface area contributed by atoms with E-state index in [1.165, 1.54) is 0 Å². The number of nitrogens with two attached hydrogens (primary N) is 3. The number of hydrogen-bond donors (Lipinski definition) is 6. The molecule has 9 rings (SSSR count). The Hall–Kier alpha value is -7.91. The lowest BCUT2D eigenvalue weighted by atomic mass is 10.0. The number of aromatic amines is 2. The monoisotopic (exact) mass is 742 g/mol. The van der Waals surface area contributed by atoms with E-state index in [4.69, 9.17) is 27.2 Å². The summed E-state index contributed by atoms with van der Waals surface area (Å²) in [6.07, 6.45) is 8.03. The molecule has 3 aromatic heterocycles. The number of rotatable bonds is 6. The van der Waals surface area contributed by atoms with Crippen LogP contribution < -0.4 is 22.5 Å². The molecule has 9 N–H and O–H groups in total. The first-order valence-electron chi connectivity index (χ1n) is 18.5. The summed E-state index contributed by atoms with van der Waals surface area (Å²) < 4.78 is 0. The van der Waals surface area contributed by atoms with Gasteiger partial charge in [0.2, 0.25) is 0 Å². The molecule has 0 atom stereocenters. The molecule has 0 saturated heterocycles. The molecule has 276 valence electrons. The third-order valence-electron chi connectivity index (χ3n) is 10.3. The van der Waals surface area contributed by atoms with Crippen LogP contribution in [0.1, 0.15) is 29.7 Å². The summed E-state index contributed by atoms with van der Waals surface area (Å²) in [6.45, 7) is 5.55. The highest BCUT2D eigenvalue weighted by Gasteiger charge is 2.21. The van der Waals surface area contributed by atoms with Crippen molar-refractivity contribution >= 4 is 75.0 Å². The zero-order chi connectivity index (χ0) is 39.2. The minimum absolute atomic E-state index is 0.279. The van der Waals surface area contributed by atoms with Crippen molar-refractivity contribution in [2.24, 2.45) is 0 Å². The van der Waals surface area contributed by atoms with E-state index in [1.807, 2.05) is 146 Å². The van der Waals surface area contributed by atoms with Crippen molar-refractivity contribution in [2.75, 3.05) is 22.5 Å². The maximum Gasteiger partial charge on any atom is 0.250 e. The predicted molar refractivity (Wildman–Crippen MR) is 237 cm³/mol. The Morgan fingerprint density at radius 2 is 0.807 bits per heavy atom. The number of fused-ring (bicyclic) bond motifs is 8. The minimum Gasteiger partial charge on any atom is -0.398 e. The predicted octanol–water partition coefficient (Wildman–Crippen LogP) is 10.6. The smallest absolute Gasteiger partial charge is 0.250 e. The fourth-order valence-corrected chi connectivity index (χ4v) is 7.55. The first-order chi connectivity index (χ1) is 27.7. The van der Waals surface area contributed by atoms with E-state index in [9.17, 15) is 4.79 Å². The van der Waals surface area contributed by atoms with Crippen LogP contribution in [0.2, 0.25) is 0 Å². The summed E-state index contributed by atoms with van der Waals surface area (Å²) in [5.41, 5.74) is 35.5. The Labute approximate surface area is 329 Å². The van der Waals surface area contributed by atoms with Crippen LogP contribution in [0.15, 0.2) is 133 Å². The Morgan fingerprint density at radius 1 is 0.491 bits per heavy atom. The second-order valence-electron chi connectivity index (χ2n) is 14.0. The lowest BCUT2D eigenvalue weighted by molar-refractivity contribution is -0.112. The zero-order valence-corrected chi connectivity index (χ0v) is 31.1. The van der Waals surface area contributed by atoms with Crippen LogP contribution >= 0.6 is 0 Å². The van der Waals surface area contributed by atoms with Crippen molar-refractivity contribution < 1.29 is 4.79 Å². The Kier molecular flexibility index (Phi) is 8.59. The molecule has 0 saturated carbocycles. The van der Waals surface area contributed by atoms with Crippen LogP contribution in [-0.4, -0.2) is 25.8 Å². The van der Waals surface area contributed by atoms with Gasteiger partial charge in [-0.15, -0.1) is 0 Å². The highest BCUT2D eigenvalue weighted by Crippen LogP contribution is 2.41. The average molecular weight is 743 g/mol. The Balaban J connectivity index is 1.49. The van der Waals surface area contributed by atoms with Gasteiger partial charge >= 0.3 is 0 Å². The van der Waals surface area contributed by atoms with E-state index in [0.29, 0.717) is 39.7 Å². The number of aromatic nitrogens is 4. The molecular weight excluding hydrogens is 705 g/mol. The molecule has 1 amide bonds. The summed E-state index contributed by atoms with van der Waals surface area (Å²) in [5, 5.41) is 3.06. The molecule has 9 heteroatoms. The number of H-pyrrole nitrogens is 2. The molecule has 8 bridgehead atoms. The largest absolute Gasteiger partial charge is 0.398 e. The molecule has 2 aliphatic heterocycles. The second kappa shape index (κ2) is 14.1. The van der Waals surface area contributed by atoms with Gasteiger partial charge in [-0.2, -0.15) is 0 Å². The number of anilines is 4. The van der Waals surface area contributed by atoms with Gasteiger partial charge in [-0.1, -0.05) is 79.4 Å². The van der Waals surface area contributed by atoms with E-state index in [1.54, 1.807) is 6.92 Å². The molecular formula is C48H38N8O. The van der Waals surface area contributed by atoms with Crippen molar-refractivity contribution in [1.29, 1.82) is 0 Å². The molecule has 0 unspecified atom stereocenters. The number of nitrogens with zero attached hydrogens (tertiary/aromatic N) is 2. The molecule has 4 aromatic carbocycles. The normalized spacial score (nSPS) is 11.8. The maximum atomic E-state index is 13.1. The standard InChI is InChI=1S/C48H38N8O/c1-27(2)48(57)56-35-18-10-6-14-31(35)47-42-25-23-40(54-42)45(29-12-4-8-16-33(29)50)38-21-19-36(52-38)44(28-11-3-7-15-32(28)49)37-20-22-39(53-37)46(41-24-26-43(47)55-41)30-13-5-9-17-34(30)51/h3-26,52,55H,1,49-51H2,2H3,(H,56,57). The number of hydrogen-bond acceptors (Lipinski definition) is 6. The van der Waals surface area contributed by atoms with E-state index >= 15 is 0 Å². The lowest BCUT2D eigenvalue weighted by Crippen LogP contribution is -2.12. The number of nitrogen functional groups attached to an aromatic ring is 3. The van der Waals surface area contributed by atoms with Gasteiger partial charge in [-0.3, -0.25) is 4.79 Å². The van der Waals surface area contributed by atoms with Crippen molar-refractivity contribution in [3.05, 3.63) is 156 Å². The van der Waals surface area contributed by atoms with Crippen LogP contribution in [-0.2, 0) is 4.79 Å². The third kappa shape index (κ3) is 6.23. The maximum absolute atomic E-state index is 13.1. The number of carbonyl (C=O) groups excluding carboxylic acids is 1. The lowest BCUT2D eigenvalue weighted by Gasteiger charge is -2.12. The first kappa shape index (κ1) is 34.8. The zero-order valence-electron chi connectivity index (χ0n) is 31.1. The molecule has 57 heavy (non-hydrogen) atoms. The molecule has 2 aliphatic rings. The summed E-state index contributed by atoms with van der Waals surface area (Å²) in [4.78, 5) is 31.2. The molecule has 7 aromatic rings. The van der Waals surface area contributed by atoms with Crippen molar-refractivity contribution in [3.8, 4) is 44.5 Å². The average Bonchev–Trinajstić information content (AvgIpc) is 4.05. The molecule has 9 nitrogen and oxygen atoms in total. The Bertz CT molecular complexity index is 2990. The highest BCUT2D eigenvalue weighted by molar-refractivity contribution is 6.08. The fourth-order valence-electron chi connectivity index (χ4n) is 7.55. The molecule has 0 fully saturated rings. The van der Waals surface area contributed by atoms with Gasteiger partial charge in [-0.05, 0) is 79.8 Å². The second-order valence-corrected chi connectivity index (χ2v) is 14.0. The molecule has 0 spiro atoms. The topological polar surface area (TPSA) is 165 Å². The molecule has 5 heterocycles. The number of para-hydroxylation sites is 4. The quantitative estimate of drug-likeness (QED) is 0.0733. The van der Waals surface area contributed by atoms with Crippen LogP contribution in [0.5, 0.6) is 0 Å². The van der Waals surface area contributed by atoms with E-state index in [-0.39, 0.29) is 5.91 Å². The van der Waals surface area contributed by atoms with Gasteiger partial charge < -0.3 is 32.5 Å².